The summed E-state index contributed by atoms with van der Waals surface area (Å²) >= 11 is 0. The van der Waals surface area contributed by atoms with Gasteiger partial charge >= 0.3 is 27.3 Å². The van der Waals surface area contributed by atoms with Crippen molar-refractivity contribution in [3.63, 3.8) is 0 Å². The van der Waals surface area contributed by atoms with Gasteiger partial charge in [-0.3, -0.25) is 0 Å². The third-order valence-corrected chi connectivity index (χ3v) is 3.40. The van der Waals surface area contributed by atoms with Gasteiger partial charge in [-0.15, -0.1) is 12.1 Å². The summed E-state index contributed by atoms with van der Waals surface area (Å²) in [5, 5.41) is 2.37. The van der Waals surface area contributed by atoms with Crippen LogP contribution >= 0.6 is 0 Å². The minimum Gasteiger partial charge on any atom is -0.414 e. The molecule has 0 fully saturated rings. The first-order valence-corrected chi connectivity index (χ1v) is 6.59. The molecule has 21 heavy (non-hydrogen) atoms. The molecule has 2 nitrogen and oxygen atoms in total. The van der Waals surface area contributed by atoms with E-state index in [4.69, 9.17) is 0 Å². The fourth-order valence-corrected chi connectivity index (χ4v) is 2.28. The SMILES string of the molecule is Cn1c[c-]c2ccccc21.Cn1c[c-]c2ccccc21.[Cd+2]. The van der Waals surface area contributed by atoms with Crippen molar-refractivity contribution in [1.82, 2.24) is 9.13 Å². The van der Waals surface area contributed by atoms with Crippen LogP contribution in [0, 0.1) is 12.1 Å². The summed E-state index contributed by atoms with van der Waals surface area (Å²) in [6.07, 6.45) is 3.90. The van der Waals surface area contributed by atoms with Crippen LogP contribution in [0.4, 0.5) is 0 Å². The van der Waals surface area contributed by atoms with Gasteiger partial charge in [0, 0.05) is 0 Å². The first kappa shape index (κ1) is 15.8. The molecule has 0 saturated carbocycles. The van der Waals surface area contributed by atoms with Crippen LogP contribution in [0.3, 0.4) is 0 Å². The topological polar surface area (TPSA) is 9.86 Å². The van der Waals surface area contributed by atoms with Gasteiger partial charge in [0.05, 0.1) is 0 Å². The minimum atomic E-state index is 0. The van der Waals surface area contributed by atoms with Crippen LogP contribution in [0.25, 0.3) is 21.8 Å². The third kappa shape index (κ3) is 3.37. The van der Waals surface area contributed by atoms with Crippen molar-refractivity contribution in [1.29, 1.82) is 0 Å². The maximum Gasteiger partial charge on any atom is 2.00 e. The van der Waals surface area contributed by atoms with E-state index in [0.717, 1.165) is 0 Å². The van der Waals surface area contributed by atoms with Crippen molar-refractivity contribution in [2.75, 3.05) is 0 Å². The largest absolute Gasteiger partial charge is 2.00 e. The number of rotatable bonds is 0. The Morgan fingerprint density at radius 1 is 0.667 bits per heavy atom. The van der Waals surface area contributed by atoms with Crippen LogP contribution in [0.1, 0.15) is 0 Å². The predicted molar refractivity (Wildman–Crippen MR) is 83.5 cm³/mol. The number of hydrogen-bond donors (Lipinski definition) is 0. The zero-order valence-electron chi connectivity index (χ0n) is 12.4. The molecule has 0 radical (unpaired) electrons. The van der Waals surface area contributed by atoms with Crippen molar-refractivity contribution in [3.05, 3.63) is 73.1 Å². The summed E-state index contributed by atoms with van der Waals surface area (Å²) < 4.78 is 4.13. The van der Waals surface area contributed by atoms with Crippen LogP contribution in [-0.4, -0.2) is 9.13 Å². The summed E-state index contributed by atoms with van der Waals surface area (Å²) in [6, 6.07) is 22.7. The normalized spacial score (nSPS) is 10.0. The van der Waals surface area contributed by atoms with E-state index in [1.165, 1.54) is 21.8 Å². The maximum atomic E-state index is 3.15. The number of benzene rings is 2. The second kappa shape index (κ2) is 6.94. The monoisotopic (exact) mass is 374 g/mol. The number of aromatic nitrogens is 2. The van der Waals surface area contributed by atoms with Crippen LogP contribution in [0.2, 0.25) is 0 Å². The summed E-state index contributed by atoms with van der Waals surface area (Å²) in [6.45, 7) is 0. The van der Waals surface area contributed by atoms with E-state index in [1.807, 2.05) is 50.8 Å². The molecule has 0 amide bonds. The van der Waals surface area contributed by atoms with Crippen molar-refractivity contribution in [2.45, 2.75) is 0 Å². The molecule has 4 rings (SSSR count). The molecule has 0 unspecified atom stereocenters. The van der Waals surface area contributed by atoms with Gasteiger partial charge in [-0.05, 0) is 14.1 Å². The van der Waals surface area contributed by atoms with Crippen LogP contribution in [0.5, 0.6) is 0 Å². The average Bonchev–Trinajstić information content (AvgIpc) is 3.05. The van der Waals surface area contributed by atoms with Crippen molar-refractivity contribution >= 4 is 21.8 Å². The molecule has 0 spiro atoms. The minimum absolute atomic E-state index is 0. The number of para-hydroxylation sites is 2. The van der Waals surface area contributed by atoms with E-state index in [2.05, 4.69) is 45.5 Å². The van der Waals surface area contributed by atoms with Gasteiger partial charge in [-0.1, -0.05) is 47.7 Å². The van der Waals surface area contributed by atoms with Gasteiger partial charge in [0.15, 0.2) is 0 Å². The molecule has 3 heteroatoms. The second-order valence-corrected chi connectivity index (χ2v) is 4.80. The first-order valence-electron chi connectivity index (χ1n) is 6.59. The van der Waals surface area contributed by atoms with E-state index in [0.29, 0.717) is 0 Å². The van der Waals surface area contributed by atoms with E-state index in [9.17, 15) is 0 Å². The Kier molecular flexibility index (Phi) is 5.23. The fraction of sp³-hybridized carbons (Fsp3) is 0.111. The summed E-state index contributed by atoms with van der Waals surface area (Å²) in [7, 11) is 4.05. The molecule has 2 aromatic heterocycles. The van der Waals surface area contributed by atoms with Crippen LogP contribution in [-0.2, 0) is 41.4 Å². The molecule has 0 saturated heterocycles. The summed E-state index contributed by atoms with van der Waals surface area (Å²) in [5.41, 5.74) is 2.48. The molecule has 2 aromatic carbocycles. The Labute approximate surface area is 145 Å². The molecule has 4 aromatic rings. The van der Waals surface area contributed by atoms with E-state index < -0.39 is 0 Å². The van der Waals surface area contributed by atoms with Crippen molar-refractivity contribution in [2.24, 2.45) is 14.1 Å². The quantitative estimate of drug-likeness (QED) is 0.327. The number of nitrogens with zero attached hydrogens (tertiary/aromatic N) is 2. The zero-order valence-corrected chi connectivity index (χ0v) is 16.4. The van der Waals surface area contributed by atoms with Crippen LogP contribution < -0.4 is 0 Å². The Balaban J connectivity index is 0.000000147. The third-order valence-electron chi connectivity index (χ3n) is 3.40. The van der Waals surface area contributed by atoms with Gasteiger partial charge in [-0.2, -0.15) is 35.0 Å². The second-order valence-electron chi connectivity index (χ2n) is 4.80. The number of aryl methyl sites for hydroxylation is 2. The van der Waals surface area contributed by atoms with Gasteiger partial charge in [-0.25, -0.2) is 0 Å². The Morgan fingerprint density at radius 2 is 1.05 bits per heavy atom. The number of fused-ring (bicyclic) bond motifs is 2. The van der Waals surface area contributed by atoms with Gasteiger partial charge in [0.1, 0.15) is 0 Å². The Morgan fingerprint density at radius 3 is 1.43 bits per heavy atom. The van der Waals surface area contributed by atoms with Crippen LogP contribution in [0.15, 0.2) is 60.9 Å². The van der Waals surface area contributed by atoms with E-state index in [1.54, 1.807) is 0 Å². The molecule has 0 bridgehead atoms. The average molecular weight is 373 g/mol. The fourth-order valence-electron chi connectivity index (χ4n) is 2.28. The smallest absolute Gasteiger partial charge is 0.414 e. The van der Waals surface area contributed by atoms with Crippen molar-refractivity contribution < 1.29 is 27.3 Å². The summed E-state index contributed by atoms with van der Waals surface area (Å²) in [4.78, 5) is 0. The molecular weight excluding hydrogens is 357 g/mol. The summed E-state index contributed by atoms with van der Waals surface area (Å²) in [5.74, 6) is 0. The van der Waals surface area contributed by atoms with Gasteiger partial charge < -0.3 is 9.13 Å². The number of hydrogen-bond acceptors (Lipinski definition) is 0. The zero-order chi connectivity index (χ0) is 13.9. The van der Waals surface area contributed by atoms with Crippen molar-refractivity contribution in [3.8, 4) is 0 Å². The maximum absolute atomic E-state index is 3.15. The molecule has 100 valence electrons. The van der Waals surface area contributed by atoms with Gasteiger partial charge in [0.2, 0.25) is 0 Å². The van der Waals surface area contributed by atoms with E-state index >= 15 is 0 Å². The van der Waals surface area contributed by atoms with Gasteiger partial charge in [0.25, 0.3) is 0 Å². The molecule has 0 aliphatic carbocycles. The van der Waals surface area contributed by atoms with E-state index in [-0.39, 0.29) is 27.3 Å². The molecule has 0 aliphatic rings. The standard InChI is InChI=1S/2C9H8N.Cd/c2*1-10-7-6-8-4-2-3-5-9(8)10;/h2*2-5,7H,1H3;/q2*-1;+2. The Hall–Kier alpha value is -1.56. The molecule has 0 aliphatic heterocycles. The molecular formula is C18H16CdN2. The molecule has 0 atom stereocenters. The first-order chi connectivity index (χ1) is 9.75. The molecule has 0 N–H and O–H groups in total. The predicted octanol–water partition coefficient (Wildman–Crippen LogP) is 3.95. The molecule has 2 heterocycles. The Bertz CT molecular complexity index is 770.